The molecule has 2 N–H and O–H groups in total. The SMILES string of the molecule is CN(C)CCNc1nc(-c2cc3ccccc3[nH]2)nc2ccccc12. The van der Waals surface area contributed by atoms with Crippen molar-refractivity contribution in [2.24, 2.45) is 0 Å². The molecular formula is C20H21N5. The Hall–Kier alpha value is -2.92. The van der Waals surface area contributed by atoms with Crippen molar-refractivity contribution in [3.05, 3.63) is 54.6 Å². The first-order valence-electron chi connectivity index (χ1n) is 8.44. The third kappa shape index (κ3) is 3.19. The minimum Gasteiger partial charge on any atom is -0.368 e. The van der Waals surface area contributed by atoms with E-state index < -0.39 is 0 Å². The molecular weight excluding hydrogens is 310 g/mol. The Bertz CT molecular complexity index is 986. The standard InChI is InChI=1S/C20H21N5/c1-25(2)12-11-21-19-15-8-4-6-10-17(15)23-20(24-19)18-13-14-7-3-5-9-16(14)22-18/h3-10,13,22H,11-12H2,1-2H3,(H,21,23,24). The Labute approximate surface area is 146 Å². The van der Waals surface area contributed by atoms with Gasteiger partial charge in [0.25, 0.3) is 0 Å². The average Bonchev–Trinajstić information content (AvgIpc) is 3.05. The summed E-state index contributed by atoms with van der Waals surface area (Å²) in [6.07, 6.45) is 0. The molecule has 0 amide bonds. The number of likely N-dealkylation sites (N-methyl/N-ethyl adjacent to an activating group) is 1. The summed E-state index contributed by atoms with van der Waals surface area (Å²) in [6.45, 7) is 1.78. The molecule has 0 aliphatic carbocycles. The number of nitrogens with one attached hydrogen (secondary N) is 2. The van der Waals surface area contributed by atoms with Crippen molar-refractivity contribution in [3.8, 4) is 11.5 Å². The van der Waals surface area contributed by atoms with E-state index in [9.17, 15) is 0 Å². The largest absolute Gasteiger partial charge is 0.368 e. The van der Waals surface area contributed by atoms with Gasteiger partial charge in [-0.25, -0.2) is 9.97 Å². The smallest absolute Gasteiger partial charge is 0.178 e. The number of fused-ring (bicyclic) bond motifs is 2. The van der Waals surface area contributed by atoms with Crippen LogP contribution in [0.5, 0.6) is 0 Å². The van der Waals surface area contributed by atoms with Gasteiger partial charge in [-0.15, -0.1) is 0 Å². The number of nitrogens with zero attached hydrogens (tertiary/aromatic N) is 3. The second-order valence-electron chi connectivity index (χ2n) is 6.41. The van der Waals surface area contributed by atoms with Crippen LogP contribution in [0.15, 0.2) is 54.6 Å². The monoisotopic (exact) mass is 331 g/mol. The first-order chi connectivity index (χ1) is 12.2. The van der Waals surface area contributed by atoms with Crippen molar-refractivity contribution in [2.45, 2.75) is 0 Å². The predicted molar refractivity (Wildman–Crippen MR) is 104 cm³/mol. The number of hydrogen-bond acceptors (Lipinski definition) is 4. The molecule has 0 bridgehead atoms. The van der Waals surface area contributed by atoms with Gasteiger partial charge in [0.1, 0.15) is 5.82 Å². The molecule has 25 heavy (non-hydrogen) atoms. The second-order valence-corrected chi connectivity index (χ2v) is 6.41. The minimum atomic E-state index is 0.710. The molecule has 2 aromatic heterocycles. The van der Waals surface area contributed by atoms with Gasteiger partial charge in [-0.3, -0.25) is 0 Å². The summed E-state index contributed by atoms with van der Waals surface area (Å²) in [5.41, 5.74) is 2.97. The first-order valence-corrected chi connectivity index (χ1v) is 8.44. The van der Waals surface area contributed by atoms with E-state index in [1.165, 1.54) is 0 Å². The summed E-state index contributed by atoms with van der Waals surface area (Å²) in [5, 5.41) is 5.66. The van der Waals surface area contributed by atoms with Crippen molar-refractivity contribution >= 4 is 27.6 Å². The van der Waals surface area contributed by atoms with Crippen LogP contribution in [-0.4, -0.2) is 47.0 Å². The maximum atomic E-state index is 4.79. The third-order valence-electron chi connectivity index (χ3n) is 4.23. The molecule has 0 fully saturated rings. The van der Waals surface area contributed by atoms with Gasteiger partial charge in [0, 0.05) is 29.4 Å². The van der Waals surface area contributed by atoms with Gasteiger partial charge in [-0.05, 0) is 38.4 Å². The van der Waals surface area contributed by atoms with Crippen LogP contribution >= 0.6 is 0 Å². The van der Waals surface area contributed by atoms with Crippen LogP contribution in [0.1, 0.15) is 0 Å². The van der Waals surface area contributed by atoms with Crippen LogP contribution in [0.25, 0.3) is 33.3 Å². The number of benzene rings is 2. The van der Waals surface area contributed by atoms with Gasteiger partial charge in [0.05, 0.1) is 11.2 Å². The highest BCUT2D eigenvalue weighted by Gasteiger charge is 2.11. The van der Waals surface area contributed by atoms with E-state index in [2.05, 4.69) is 53.6 Å². The molecule has 0 saturated heterocycles. The van der Waals surface area contributed by atoms with Gasteiger partial charge in [0.2, 0.25) is 0 Å². The zero-order valence-corrected chi connectivity index (χ0v) is 14.5. The fourth-order valence-corrected chi connectivity index (χ4v) is 2.92. The summed E-state index contributed by atoms with van der Waals surface area (Å²) in [4.78, 5) is 15.1. The Morgan fingerprint density at radius 1 is 1.00 bits per heavy atom. The highest BCUT2D eigenvalue weighted by atomic mass is 15.1. The Morgan fingerprint density at radius 2 is 1.80 bits per heavy atom. The number of aromatic nitrogens is 3. The van der Waals surface area contributed by atoms with Crippen LogP contribution in [0.2, 0.25) is 0 Å². The van der Waals surface area contributed by atoms with E-state index in [-0.39, 0.29) is 0 Å². The van der Waals surface area contributed by atoms with Crippen LogP contribution < -0.4 is 5.32 Å². The van der Waals surface area contributed by atoms with E-state index in [0.717, 1.165) is 46.4 Å². The van der Waals surface area contributed by atoms with Gasteiger partial charge in [0.15, 0.2) is 5.82 Å². The summed E-state index contributed by atoms with van der Waals surface area (Å²) in [5.74, 6) is 1.59. The van der Waals surface area contributed by atoms with Gasteiger partial charge in [-0.2, -0.15) is 0 Å². The van der Waals surface area contributed by atoms with E-state index >= 15 is 0 Å². The lowest BCUT2D eigenvalue weighted by Gasteiger charge is -2.13. The quantitative estimate of drug-likeness (QED) is 0.585. The molecule has 4 aromatic rings. The fourth-order valence-electron chi connectivity index (χ4n) is 2.92. The number of H-pyrrole nitrogens is 1. The lowest BCUT2D eigenvalue weighted by Crippen LogP contribution is -2.21. The molecule has 5 nitrogen and oxygen atoms in total. The average molecular weight is 331 g/mol. The maximum Gasteiger partial charge on any atom is 0.178 e. The normalized spacial score (nSPS) is 11.5. The van der Waals surface area contributed by atoms with Gasteiger partial charge < -0.3 is 15.2 Å². The molecule has 0 aliphatic heterocycles. The fraction of sp³-hybridized carbons (Fsp3) is 0.200. The molecule has 0 radical (unpaired) electrons. The van der Waals surface area contributed by atoms with Crippen LogP contribution in [0, 0.1) is 0 Å². The highest BCUT2D eigenvalue weighted by molar-refractivity contribution is 5.91. The number of anilines is 1. The molecule has 5 heteroatoms. The zero-order valence-electron chi connectivity index (χ0n) is 14.5. The Kier molecular flexibility index (Phi) is 4.07. The second kappa shape index (κ2) is 6.53. The van der Waals surface area contributed by atoms with Crippen molar-refractivity contribution in [3.63, 3.8) is 0 Å². The highest BCUT2D eigenvalue weighted by Crippen LogP contribution is 2.26. The Balaban J connectivity index is 1.78. The van der Waals surface area contributed by atoms with E-state index in [0.29, 0.717) is 5.82 Å². The lowest BCUT2D eigenvalue weighted by atomic mass is 10.2. The molecule has 0 spiro atoms. The Morgan fingerprint density at radius 3 is 2.64 bits per heavy atom. The van der Waals surface area contributed by atoms with Crippen molar-refractivity contribution < 1.29 is 0 Å². The molecule has 126 valence electrons. The maximum absolute atomic E-state index is 4.79. The van der Waals surface area contributed by atoms with Crippen molar-refractivity contribution in [2.75, 3.05) is 32.5 Å². The van der Waals surface area contributed by atoms with E-state index in [4.69, 9.17) is 9.97 Å². The zero-order chi connectivity index (χ0) is 17.2. The van der Waals surface area contributed by atoms with Gasteiger partial charge >= 0.3 is 0 Å². The van der Waals surface area contributed by atoms with Crippen LogP contribution in [0.4, 0.5) is 5.82 Å². The number of para-hydroxylation sites is 2. The van der Waals surface area contributed by atoms with Gasteiger partial charge in [-0.1, -0.05) is 30.3 Å². The topological polar surface area (TPSA) is 56.8 Å². The minimum absolute atomic E-state index is 0.710. The molecule has 2 heterocycles. The molecule has 0 saturated carbocycles. The molecule has 2 aromatic carbocycles. The van der Waals surface area contributed by atoms with Crippen LogP contribution in [0.3, 0.4) is 0 Å². The number of rotatable bonds is 5. The molecule has 0 unspecified atom stereocenters. The summed E-state index contributed by atoms with van der Waals surface area (Å²) < 4.78 is 0. The first kappa shape index (κ1) is 15.6. The molecule has 0 aliphatic rings. The lowest BCUT2D eigenvalue weighted by molar-refractivity contribution is 0.425. The summed E-state index contributed by atoms with van der Waals surface area (Å²) in [6, 6.07) is 18.4. The molecule has 0 atom stereocenters. The van der Waals surface area contributed by atoms with Crippen molar-refractivity contribution in [1.82, 2.24) is 19.9 Å². The number of hydrogen-bond donors (Lipinski definition) is 2. The molecule has 4 rings (SSSR count). The van der Waals surface area contributed by atoms with E-state index in [1.54, 1.807) is 0 Å². The van der Waals surface area contributed by atoms with Crippen LogP contribution in [-0.2, 0) is 0 Å². The number of aromatic amines is 1. The van der Waals surface area contributed by atoms with Crippen molar-refractivity contribution in [1.29, 1.82) is 0 Å². The predicted octanol–water partition coefficient (Wildman–Crippen LogP) is 3.75. The third-order valence-corrected chi connectivity index (χ3v) is 4.23. The summed E-state index contributed by atoms with van der Waals surface area (Å²) >= 11 is 0. The summed E-state index contributed by atoms with van der Waals surface area (Å²) in [7, 11) is 4.13. The van der Waals surface area contributed by atoms with E-state index in [1.807, 2.05) is 30.3 Å².